The summed E-state index contributed by atoms with van der Waals surface area (Å²) in [5, 5.41) is 46.0. The lowest BCUT2D eigenvalue weighted by Crippen LogP contribution is -2.51. The first-order chi connectivity index (χ1) is 9.65. The number of carbonyl (C=O) groups excluding carboxylic acids is 1. The second-order valence-corrected chi connectivity index (χ2v) is 6.16. The molecule has 0 fully saturated rings. The van der Waals surface area contributed by atoms with E-state index >= 15 is 0 Å². The zero-order valence-corrected chi connectivity index (χ0v) is 12.1. The zero-order valence-electron chi connectivity index (χ0n) is 10.3. The molecule has 16 heteroatoms. The van der Waals surface area contributed by atoms with Gasteiger partial charge in [0.05, 0.1) is 0 Å². The van der Waals surface area contributed by atoms with E-state index in [1.807, 2.05) is 0 Å². The minimum absolute atomic E-state index is 2.07. The molecule has 0 aromatic carbocycles. The van der Waals surface area contributed by atoms with Crippen molar-refractivity contribution in [2.75, 3.05) is 0 Å². The SMILES string of the molecule is O=C(OP(=O)(O)O)[C@H](O)[C@H](O)[C@@H](O)[C@H](O)C(O)OP(=O)(O)O. The summed E-state index contributed by atoms with van der Waals surface area (Å²) in [6.45, 7) is 0. The largest absolute Gasteiger partial charge is 0.527 e. The Morgan fingerprint density at radius 1 is 0.773 bits per heavy atom. The Hall–Kier alpha value is -0.470. The molecule has 0 amide bonds. The summed E-state index contributed by atoms with van der Waals surface area (Å²) in [6.07, 6.45) is -13.4. The Balaban J connectivity index is 4.83. The molecule has 132 valence electrons. The molecule has 0 aromatic heterocycles. The molecule has 0 saturated heterocycles. The number of aliphatic hydroxyl groups excluding tert-OH is 5. The van der Waals surface area contributed by atoms with Crippen LogP contribution in [0.1, 0.15) is 0 Å². The summed E-state index contributed by atoms with van der Waals surface area (Å²) < 4.78 is 27.7. The zero-order chi connectivity index (χ0) is 17.9. The second kappa shape index (κ2) is 7.88. The van der Waals surface area contributed by atoms with Gasteiger partial charge in [-0.1, -0.05) is 0 Å². The normalized spacial score (nSPS) is 19.9. The van der Waals surface area contributed by atoms with E-state index < -0.39 is 52.3 Å². The molecule has 0 aliphatic heterocycles. The lowest BCUT2D eigenvalue weighted by Gasteiger charge is -2.28. The van der Waals surface area contributed by atoms with Crippen LogP contribution in [-0.4, -0.2) is 81.8 Å². The van der Waals surface area contributed by atoms with Crippen LogP contribution in [0.2, 0.25) is 0 Å². The Kier molecular flexibility index (Phi) is 7.71. The number of aliphatic hydroxyl groups is 5. The van der Waals surface area contributed by atoms with Gasteiger partial charge in [-0.2, -0.15) is 0 Å². The Bertz CT molecular complexity index is 466. The molecule has 0 rings (SSSR count). The van der Waals surface area contributed by atoms with E-state index in [0.717, 1.165) is 0 Å². The summed E-state index contributed by atoms with van der Waals surface area (Å²) in [7, 11) is -10.6. The van der Waals surface area contributed by atoms with Crippen molar-refractivity contribution in [2.45, 2.75) is 30.7 Å². The lowest BCUT2D eigenvalue weighted by atomic mass is 10.0. The maximum absolute atomic E-state index is 11.0. The third kappa shape index (κ3) is 7.69. The highest BCUT2D eigenvalue weighted by molar-refractivity contribution is 7.47. The predicted octanol–water partition coefficient (Wildman–Crippen LogP) is -4.51. The fraction of sp³-hybridized carbons (Fsp3) is 0.833. The average molecular weight is 372 g/mol. The third-order valence-electron chi connectivity index (χ3n) is 2.01. The molecule has 0 heterocycles. The minimum Gasteiger partial charge on any atom is -0.387 e. The number of rotatable bonds is 8. The maximum atomic E-state index is 11.0. The van der Waals surface area contributed by atoms with Crippen LogP contribution in [0.25, 0.3) is 0 Å². The number of carbonyl (C=O) groups is 1. The minimum atomic E-state index is -5.36. The number of phosphoric ester groups is 2. The van der Waals surface area contributed by atoms with E-state index in [2.05, 4.69) is 9.05 Å². The van der Waals surface area contributed by atoms with Crippen LogP contribution in [0, 0.1) is 0 Å². The molecule has 0 aromatic rings. The summed E-state index contributed by atoms with van der Waals surface area (Å²) >= 11 is 0. The number of hydrogen-bond donors (Lipinski definition) is 9. The first-order valence-electron chi connectivity index (χ1n) is 5.09. The van der Waals surface area contributed by atoms with E-state index in [1.54, 1.807) is 0 Å². The monoisotopic (exact) mass is 372 g/mol. The van der Waals surface area contributed by atoms with Crippen molar-refractivity contribution in [3.8, 4) is 0 Å². The Morgan fingerprint density at radius 3 is 1.59 bits per heavy atom. The van der Waals surface area contributed by atoms with Gasteiger partial charge in [0, 0.05) is 0 Å². The maximum Gasteiger partial charge on any atom is 0.527 e. The average Bonchev–Trinajstić information content (AvgIpc) is 2.30. The van der Waals surface area contributed by atoms with Gasteiger partial charge in [0.2, 0.25) is 0 Å². The van der Waals surface area contributed by atoms with Gasteiger partial charge in [0.25, 0.3) is 0 Å². The van der Waals surface area contributed by atoms with Crippen molar-refractivity contribution in [1.29, 1.82) is 0 Å². The van der Waals surface area contributed by atoms with Crippen molar-refractivity contribution in [1.82, 2.24) is 0 Å². The van der Waals surface area contributed by atoms with Crippen LogP contribution < -0.4 is 0 Å². The fourth-order valence-electron chi connectivity index (χ4n) is 1.07. The van der Waals surface area contributed by atoms with Gasteiger partial charge in [-0.3, -0.25) is 14.3 Å². The van der Waals surface area contributed by atoms with Crippen molar-refractivity contribution in [3.05, 3.63) is 0 Å². The van der Waals surface area contributed by atoms with Gasteiger partial charge < -0.3 is 39.8 Å². The highest BCUT2D eigenvalue weighted by Crippen LogP contribution is 2.38. The Morgan fingerprint density at radius 2 is 1.23 bits per heavy atom. The molecule has 0 aliphatic carbocycles. The Labute approximate surface area is 121 Å². The first kappa shape index (κ1) is 21.5. The molecular weight excluding hydrogens is 358 g/mol. The predicted molar refractivity (Wildman–Crippen MR) is 61.3 cm³/mol. The van der Waals surface area contributed by atoms with Gasteiger partial charge in [-0.25, -0.2) is 13.9 Å². The van der Waals surface area contributed by atoms with Gasteiger partial charge in [-0.15, -0.1) is 0 Å². The third-order valence-corrected chi connectivity index (χ3v) is 2.92. The fourth-order valence-corrected chi connectivity index (χ4v) is 1.82. The van der Waals surface area contributed by atoms with Crippen LogP contribution >= 0.6 is 15.6 Å². The molecule has 22 heavy (non-hydrogen) atoms. The highest BCUT2D eigenvalue weighted by atomic mass is 31.2. The quantitative estimate of drug-likeness (QED) is 0.144. The number of phosphoric acid groups is 2. The van der Waals surface area contributed by atoms with Crippen LogP contribution in [0.5, 0.6) is 0 Å². The van der Waals surface area contributed by atoms with Crippen molar-refractivity contribution >= 4 is 21.6 Å². The molecule has 0 bridgehead atoms. The molecule has 0 aliphatic rings. The summed E-state index contributed by atoms with van der Waals surface area (Å²) in [6, 6.07) is 0. The topological polar surface area (TPSA) is 252 Å². The smallest absolute Gasteiger partial charge is 0.387 e. The molecule has 0 spiro atoms. The molecule has 5 atom stereocenters. The molecule has 0 saturated carbocycles. The van der Waals surface area contributed by atoms with Gasteiger partial charge in [0.15, 0.2) is 12.4 Å². The van der Waals surface area contributed by atoms with Gasteiger partial charge >= 0.3 is 21.6 Å². The van der Waals surface area contributed by atoms with E-state index in [-0.39, 0.29) is 0 Å². The van der Waals surface area contributed by atoms with Crippen LogP contribution in [-0.2, 0) is 23.0 Å². The molecule has 14 nitrogen and oxygen atoms in total. The van der Waals surface area contributed by atoms with E-state index in [1.165, 1.54) is 0 Å². The second-order valence-electron chi connectivity index (χ2n) is 3.80. The highest BCUT2D eigenvalue weighted by Gasteiger charge is 2.41. The molecule has 1 unspecified atom stereocenters. The summed E-state index contributed by atoms with van der Waals surface area (Å²) in [5.41, 5.74) is 0. The first-order valence-corrected chi connectivity index (χ1v) is 8.15. The number of hydrogen-bond acceptors (Lipinski definition) is 10. The van der Waals surface area contributed by atoms with Gasteiger partial charge in [0.1, 0.15) is 18.3 Å². The standard InChI is InChI=1S/C6H14O14P2/c7-1(3(9)5(11)19-21(13,14)15)2(8)4(10)6(12)20-22(16,17)18/h1-5,7-11H,(H2,13,14,15)(H2,16,17,18)/t1-,2-,3+,4-,5?/m1/s1. The summed E-state index contributed by atoms with van der Waals surface area (Å²) in [5.74, 6) is -2.07. The molecule has 9 N–H and O–H groups in total. The van der Waals surface area contributed by atoms with Crippen molar-refractivity contribution < 1.29 is 68.1 Å². The lowest BCUT2D eigenvalue weighted by molar-refractivity contribution is -0.189. The summed E-state index contributed by atoms with van der Waals surface area (Å²) in [4.78, 5) is 44.3. The molecule has 0 radical (unpaired) electrons. The van der Waals surface area contributed by atoms with E-state index in [4.69, 9.17) is 29.8 Å². The molecular formula is C6H14O14P2. The van der Waals surface area contributed by atoms with E-state index in [9.17, 15) is 29.2 Å². The van der Waals surface area contributed by atoms with Crippen molar-refractivity contribution in [2.24, 2.45) is 0 Å². The van der Waals surface area contributed by atoms with Crippen LogP contribution in [0.3, 0.4) is 0 Å². The van der Waals surface area contributed by atoms with E-state index in [0.29, 0.717) is 0 Å². The van der Waals surface area contributed by atoms with Crippen molar-refractivity contribution in [3.63, 3.8) is 0 Å². The van der Waals surface area contributed by atoms with Crippen LogP contribution in [0.15, 0.2) is 0 Å². The van der Waals surface area contributed by atoms with Gasteiger partial charge in [-0.05, 0) is 0 Å². The van der Waals surface area contributed by atoms with Crippen LogP contribution in [0.4, 0.5) is 0 Å².